The van der Waals surface area contributed by atoms with Gasteiger partial charge in [0, 0.05) is 25.2 Å². The molecule has 6 nitrogen and oxygen atoms in total. The van der Waals surface area contributed by atoms with Gasteiger partial charge < -0.3 is 14.2 Å². The molecule has 0 aliphatic rings. The Kier molecular flexibility index (Phi) is 10.4. The molecule has 0 atom stereocenters. The van der Waals surface area contributed by atoms with E-state index in [0.717, 1.165) is 12.2 Å². The van der Waals surface area contributed by atoms with E-state index < -0.39 is 11.9 Å². The van der Waals surface area contributed by atoms with Gasteiger partial charge in [-0.3, -0.25) is 4.79 Å². The summed E-state index contributed by atoms with van der Waals surface area (Å²) < 4.78 is 14.3. The molecule has 0 heterocycles. The molecule has 0 aromatic heterocycles. The summed E-state index contributed by atoms with van der Waals surface area (Å²) in [6.45, 7) is 4.41. The summed E-state index contributed by atoms with van der Waals surface area (Å²) in [7, 11) is 0. The first-order chi connectivity index (χ1) is 9.10. The van der Waals surface area contributed by atoms with Crippen LogP contribution in [0.2, 0.25) is 0 Å². The van der Waals surface area contributed by atoms with Crippen molar-refractivity contribution in [1.82, 2.24) is 0 Å². The number of hydrogen-bond donors (Lipinski definition) is 0. The third-order valence-electron chi connectivity index (χ3n) is 1.94. The zero-order valence-corrected chi connectivity index (χ0v) is 11.3. The summed E-state index contributed by atoms with van der Waals surface area (Å²) in [5.41, 5.74) is 0. The van der Waals surface area contributed by atoms with Gasteiger partial charge in [0.05, 0.1) is 6.61 Å². The van der Waals surface area contributed by atoms with E-state index in [-0.39, 0.29) is 19.0 Å². The number of carbonyl (C=O) groups excluding carboxylic acids is 3. The Morgan fingerprint density at radius 3 is 2.16 bits per heavy atom. The van der Waals surface area contributed by atoms with Crippen LogP contribution < -0.4 is 0 Å². The first-order valence-electron chi connectivity index (χ1n) is 6.21. The van der Waals surface area contributed by atoms with Crippen LogP contribution in [0.3, 0.4) is 0 Å². The van der Waals surface area contributed by atoms with E-state index >= 15 is 0 Å². The Morgan fingerprint density at radius 1 is 0.947 bits per heavy atom. The van der Waals surface area contributed by atoms with Crippen LogP contribution in [0.4, 0.5) is 0 Å². The quantitative estimate of drug-likeness (QED) is 0.336. The summed E-state index contributed by atoms with van der Waals surface area (Å²) in [5.74, 6) is -1.55. The van der Waals surface area contributed by atoms with Crippen LogP contribution in [0.1, 0.15) is 26.7 Å². The van der Waals surface area contributed by atoms with Crippen molar-refractivity contribution in [1.29, 1.82) is 0 Å². The SMILES string of the molecule is CCCC(=O)COC(=O)/C=C/C(=O)OCCOCC. The van der Waals surface area contributed by atoms with Gasteiger partial charge in [-0.15, -0.1) is 0 Å². The zero-order valence-electron chi connectivity index (χ0n) is 11.3. The molecule has 0 fully saturated rings. The van der Waals surface area contributed by atoms with Crippen molar-refractivity contribution in [3.05, 3.63) is 12.2 Å². The molecular weight excluding hydrogens is 252 g/mol. The first kappa shape index (κ1) is 17.3. The molecule has 19 heavy (non-hydrogen) atoms. The van der Waals surface area contributed by atoms with Crippen molar-refractivity contribution >= 4 is 17.7 Å². The fraction of sp³-hybridized carbons (Fsp3) is 0.615. The van der Waals surface area contributed by atoms with Crippen molar-refractivity contribution in [2.45, 2.75) is 26.7 Å². The highest BCUT2D eigenvalue weighted by Gasteiger charge is 2.05. The van der Waals surface area contributed by atoms with Gasteiger partial charge in [-0.25, -0.2) is 9.59 Å². The predicted octanol–water partition coefficient (Wildman–Crippen LogP) is 1.03. The van der Waals surface area contributed by atoms with E-state index in [1.54, 1.807) is 0 Å². The molecule has 0 saturated carbocycles. The van der Waals surface area contributed by atoms with Crippen LogP contribution in [0.25, 0.3) is 0 Å². The lowest BCUT2D eigenvalue weighted by molar-refractivity contribution is -0.144. The van der Waals surface area contributed by atoms with Crippen molar-refractivity contribution in [2.75, 3.05) is 26.4 Å². The molecule has 0 bridgehead atoms. The van der Waals surface area contributed by atoms with E-state index in [1.165, 1.54) is 0 Å². The normalized spacial score (nSPS) is 10.4. The maximum atomic E-state index is 11.1. The third-order valence-corrected chi connectivity index (χ3v) is 1.94. The molecule has 0 aromatic rings. The Labute approximate surface area is 112 Å². The third kappa shape index (κ3) is 11.1. The second-order valence-electron chi connectivity index (χ2n) is 3.59. The Hall–Kier alpha value is -1.69. The lowest BCUT2D eigenvalue weighted by Gasteiger charge is -2.02. The molecule has 0 aromatic carbocycles. The van der Waals surface area contributed by atoms with Crippen LogP contribution in [0, 0.1) is 0 Å². The topological polar surface area (TPSA) is 78.9 Å². The highest BCUT2D eigenvalue weighted by atomic mass is 16.6. The minimum absolute atomic E-state index is 0.126. The smallest absolute Gasteiger partial charge is 0.331 e. The van der Waals surface area contributed by atoms with Crippen molar-refractivity contribution in [2.24, 2.45) is 0 Å². The van der Waals surface area contributed by atoms with Crippen LogP contribution in [-0.4, -0.2) is 44.1 Å². The number of rotatable bonds is 10. The van der Waals surface area contributed by atoms with Gasteiger partial charge in [-0.05, 0) is 13.3 Å². The van der Waals surface area contributed by atoms with Crippen molar-refractivity contribution in [3.8, 4) is 0 Å². The van der Waals surface area contributed by atoms with Gasteiger partial charge >= 0.3 is 11.9 Å². The van der Waals surface area contributed by atoms with Crippen LogP contribution in [-0.2, 0) is 28.6 Å². The molecular formula is C13H20O6. The predicted molar refractivity (Wildman–Crippen MR) is 67.5 cm³/mol. The van der Waals surface area contributed by atoms with E-state index in [4.69, 9.17) is 9.47 Å². The number of ketones is 1. The monoisotopic (exact) mass is 272 g/mol. The van der Waals surface area contributed by atoms with Gasteiger partial charge in [0.15, 0.2) is 5.78 Å². The van der Waals surface area contributed by atoms with Crippen LogP contribution in [0.15, 0.2) is 12.2 Å². The van der Waals surface area contributed by atoms with E-state index in [0.29, 0.717) is 26.1 Å². The molecule has 0 amide bonds. The molecule has 0 saturated heterocycles. The first-order valence-corrected chi connectivity index (χ1v) is 6.21. The Balaban J connectivity index is 3.76. The lowest BCUT2D eigenvalue weighted by atomic mass is 10.2. The van der Waals surface area contributed by atoms with Crippen molar-refractivity contribution < 1.29 is 28.6 Å². The average molecular weight is 272 g/mol. The standard InChI is InChI=1S/C13H20O6/c1-3-5-11(14)10-19-13(16)7-6-12(15)18-9-8-17-4-2/h6-7H,3-5,8-10H2,1-2H3/b7-6+. The van der Waals surface area contributed by atoms with E-state index in [9.17, 15) is 14.4 Å². The lowest BCUT2D eigenvalue weighted by Crippen LogP contribution is -2.12. The van der Waals surface area contributed by atoms with Crippen molar-refractivity contribution in [3.63, 3.8) is 0 Å². The zero-order chi connectivity index (χ0) is 14.5. The molecule has 0 spiro atoms. The molecule has 108 valence electrons. The molecule has 0 N–H and O–H groups in total. The largest absolute Gasteiger partial charge is 0.460 e. The number of ether oxygens (including phenoxy) is 3. The summed E-state index contributed by atoms with van der Waals surface area (Å²) >= 11 is 0. The minimum Gasteiger partial charge on any atom is -0.460 e. The minimum atomic E-state index is -0.744. The maximum absolute atomic E-state index is 11.1. The fourth-order valence-electron chi connectivity index (χ4n) is 1.08. The number of carbonyl (C=O) groups is 3. The molecule has 0 aliphatic carbocycles. The number of esters is 2. The fourth-order valence-corrected chi connectivity index (χ4v) is 1.08. The molecule has 0 rings (SSSR count). The highest BCUT2D eigenvalue weighted by molar-refractivity contribution is 5.92. The van der Waals surface area contributed by atoms with Gasteiger partial charge in [0.25, 0.3) is 0 Å². The molecule has 0 unspecified atom stereocenters. The van der Waals surface area contributed by atoms with Crippen LogP contribution >= 0.6 is 0 Å². The number of hydrogen-bond acceptors (Lipinski definition) is 6. The summed E-state index contributed by atoms with van der Waals surface area (Å²) in [4.78, 5) is 33.3. The van der Waals surface area contributed by atoms with Gasteiger partial charge in [0.2, 0.25) is 0 Å². The second kappa shape index (κ2) is 11.4. The maximum Gasteiger partial charge on any atom is 0.331 e. The average Bonchev–Trinajstić information content (AvgIpc) is 2.39. The Morgan fingerprint density at radius 2 is 1.58 bits per heavy atom. The number of Topliss-reactive ketones (excluding diaryl/α,β-unsaturated/α-hetero) is 1. The highest BCUT2D eigenvalue weighted by Crippen LogP contribution is 1.92. The second-order valence-corrected chi connectivity index (χ2v) is 3.59. The van der Waals surface area contributed by atoms with Gasteiger partial charge in [-0.1, -0.05) is 6.92 Å². The van der Waals surface area contributed by atoms with E-state index in [1.807, 2.05) is 13.8 Å². The summed E-state index contributed by atoms with van der Waals surface area (Å²) in [5, 5.41) is 0. The molecule has 6 heteroatoms. The van der Waals surface area contributed by atoms with E-state index in [2.05, 4.69) is 4.74 Å². The summed E-state index contributed by atoms with van der Waals surface area (Å²) in [6.07, 6.45) is 2.97. The van der Waals surface area contributed by atoms with Gasteiger partial charge in [0.1, 0.15) is 13.2 Å². The van der Waals surface area contributed by atoms with Crippen LogP contribution in [0.5, 0.6) is 0 Å². The molecule has 0 aliphatic heterocycles. The molecule has 0 radical (unpaired) electrons. The Bertz CT molecular complexity index is 321. The summed E-state index contributed by atoms with van der Waals surface area (Å²) in [6, 6.07) is 0. The van der Waals surface area contributed by atoms with Gasteiger partial charge in [-0.2, -0.15) is 0 Å².